The number of fused-ring (bicyclic) bond motifs is 1. The molecule has 0 unspecified atom stereocenters. The van der Waals surface area contributed by atoms with Crippen molar-refractivity contribution in [2.45, 2.75) is 30.4 Å². The Balaban J connectivity index is 1.32. The number of carbonyl (C=O) groups excluding carboxylic acids is 1. The summed E-state index contributed by atoms with van der Waals surface area (Å²) in [5, 5.41) is 11.0. The van der Waals surface area contributed by atoms with Gasteiger partial charge < -0.3 is 13.9 Å². The van der Waals surface area contributed by atoms with Gasteiger partial charge in [-0.05, 0) is 41.5 Å². The molecule has 7 nitrogen and oxygen atoms in total. The van der Waals surface area contributed by atoms with Gasteiger partial charge in [-0.1, -0.05) is 37.1 Å². The van der Waals surface area contributed by atoms with Crippen LogP contribution >= 0.6 is 11.8 Å². The molecule has 0 spiro atoms. The van der Waals surface area contributed by atoms with E-state index in [1.165, 1.54) is 11.0 Å². The van der Waals surface area contributed by atoms with Crippen LogP contribution in [0.25, 0.3) is 6.08 Å². The highest BCUT2D eigenvalue weighted by molar-refractivity contribution is 7.99. The third-order valence-corrected chi connectivity index (χ3v) is 5.19. The Morgan fingerprint density at radius 2 is 1.93 bits per heavy atom. The number of ether oxygens (including phenoxy) is 2. The lowest BCUT2D eigenvalue weighted by Gasteiger charge is -2.05. The van der Waals surface area contributed by atoms with Crippen molar-refractivity contribution in [3.8, 4) is 11.5 Å². The fourth-order valence-electron chi connectivity index (χ4n) is 2.84. The van der Waals surface area contributed by atoms with Crippen molar-refractivity contribution in [2.24, 2.45) is 0 Å². The highest BCUT2D eigenvalue weighted by Crippen LogP contribution is 2.32. The Hall–Kier alpha value is -3.26. The summed E-state index contributed by atoms with van der Waals surface area (Å²) in [6.07, 6.45) is 3.57. The fraction of sp³-hybridized carbons (Fsp3) is 0.227. The van der Waals surface area contributed by atoms with E-state index in [1.54, 1.807) is 12.1 Å². The molecule has 2 aromatic carbocycles. The second kappa shape index (κ2) is 9.04. The number of aromatic nitrogens is 2. The van der Waals surface area contributed by atoms with Crippen molar-refractivity contribution in [1.29, 1.82) is 0 Å². The molecule has 0 saturated carbocycles. The van der Waals surface area contributed by atoms with E-state index >= 15 is 0 Å². The van der Waals surface area contributed by atoms with Gasteiger partial charge in [0.2, 0.25) is 12.7 Å². The highest BCUT2D eigenvalue weighted by Gasteiger charge is 2.13. The molecule has 1 aliphatic heterocycles. The van der Waals surface area contributed by atoms with Gasteiger partial charge in [-0.25, -0.2) is 0 Å². The van der Waals surface area contributed by atoms with Crippen LogP contribution in [0.5, 0.6) is 11.5 Å². The number of benzene rings is 2. The first-order chi connectivity index (χ1) is 14.5. The summed E-state index contributed by atoms with van der Waals surface area (Å²) in [5.41, 5.74) is 1.88. The van der Waals surface area contributed by atoms with Gasteiger partial charge in [0, 0.05) is 16.2 Å². The van der Waals surface area contributed by atoms with E-state index in [0.29, 0.717) is 29.1 Å². The number of anilines is 1. The first kappa shape index (κ1) is 20.0. The number of carbonyl (C=O) groups is 1. The SMILES string of the molecule is CC(C)Sc1ccc(Cc2nnc(NC(=O)/C=C/c3ccc4c(c3)OCO4)o2)cc1. The quantitative estimate of drug-likeness (QED) is 0.441. The molecule has 1 amide bonds. The smallest absolute Gasteiger partial charge is 0.322 e. The van der Waals surface area contributed by atoms with Gasteiger partial charge >= 0.3 is 6.01 Å². The van der Waals surface area contributed by atoms with Crippen LogP contribution in [0, 0.1) is 0 Å². The predicted molar refractivity (Wildman–Crippen MR) is 115 cm³/mol. The topological polar surface area (TPSA) is 86.5 Å². The van der Waals surface area contributed by atoms with Gasteiger partial charge in [0.15, 0.2) is 11.5 Å². The van der Waals surface area contributed by atoms with Crippen molar-refractivity contribution in [1.82, 2.24) is 10.2 Å². The number of nitrogens with one attached hydrogen (secondary N) is 1. The minimum atomic E-state index is -0.363. The molecule has 0 fully saturated rings. The highest BCUT2D eigenvalue weighted by atomic mass is 32.2. The van der Waals surface area contributed by atoms with E-state index in [1.807, 2.05) is 36.0 Å². The molecule has 0 saturated heterocycles. The Morgan fingerprint density at radius 3 is 2.73 bits per heavy atom. The van der Waals surface area contributed by atoms with E-state index < -0.39 is 0 Å². The average molecular weight is 423 g/mol. The first-order valence-corrected chi connectivity index (χ1v) is 10.4. The Morgan fingerprint density at radius 1 is 1.13 bits per heavy atom. The van der Waals surface area contributed by atoms with Crippen LogP contribution in [-0.4, -0.2) is 28.1 Å². The molecule has 0 aliphatic carbocycles. The molecule has 30 heavy (non-hydrogen) atoms. The zero-order chi connectivity index (χ0) is 20.9. The number of amides is 1. The number of hydrogen-bond donors (Lipinski definition) is 1. The summed E-state index contributed by atoms with van der Waals surface area (Å²) in [7, 11) is 0. The van der Waals surface area contributed by atoms with Gasteiger partial charge in [-0.15, -0.1) is 16.9 Å². The molecule has 3 aromatic rings. The summed E-state index contributed by atoms with van der Waals surface area (Å²) >= 11 is 1.81. The lowest BCUT2D eigenvalue weighted by Crippen LogP contribution is -2.07. The minimum Gasteiger partial charge on any atom is -0.454 e. The number of hydrogen-bond acceptors (Lipinski definition) is 7. The standard InChI is InChI=1S/C22H21N3O4S/c1-14(2)30-17-7-3-16(4-8-17)12-21-24-25-22(29-21)23-20(26)10-6-15-5-9-18-19(11-15)28-13-27-18/h3-11,14H,12-13H2,1-2H3,(H,23,25,26)/b10-6+. The number of nitrogens with zero attached hydrogens (tertiary/aromatic N) is 2. The molecule has 0 bridgehead atoms. The molecule has 154 valence electrons. The van der Waals surface area contributed by atoms with Crippen LogP contribution in [-0.2, 0) is 11.2 Å². The molecular weight excluding hydrogens is 402 g/mol. The molecule has 0 radical (unpaired) electrons. The van der Waals surface area contributed by atoms with Crippen LogP contribution < -0.4 is 14.8 Å². The zero-order valence-corrected chi connectivity index (χ0v) is 17.4. The van der Waals surface area contributed by atoms with Gasteiger partial charge in [0.1, 0.15) is 0 Å². The molecule has 4 rings (SSSR count). The van der Waals surface area contributed by atoms with Gasteiger partial charge in [-0.2, -0.15) is 0 Å². The van der Waals surface area contributed by atoms with Crippen molar-refractivity contribution >= 4 is 29.8 Å². The van der Waals surface area contributed by atoms with Gasteiger partial charge in [0.25, 0.3) is 5.91 Å². The first-order valence-electron chi connectivity index (χ1n) is 9.52. The third-order valence-electron chi connectivity index (χ3n) is 4.17. The molecule has 2 heterocycles. The summed E-state index contributed by atoms with van der Waals surface area (Å²) < 4.78 is 16.1. The summed E-state index contributed by atoms with van der Waals surface area (Å²) in [6, 6.07) is 13.8. The Kier molecular flexibility index (Phi) is 6.04. The number of rotatable bonds is 7. The van der Waals surface area contributed by atoms with E-state index in [-0.39, 0.29) is 18.7 Å². The third kappa shape index (κ3) is 5.21. The minimum absolute atomic E-state index is 0.0670. The summed E-state index contributed by atoms with van der Waals surface area (Å²) in [5.74, 6) is 1.44. The van der Waals surface area contributed by atoms with Crippen LogP contribution in [0.2, 0.25) is 0 Å². The Bertz CT molecular complexity index is 1060. The molecule has 1 aromatic heterocycles. The zero-order valence-electron chi connectivity index (χ0n) is 16.6. The largest absolute Gasteiger partial charge is 0.454 e. The van der Waals surface area contributed by atoms with Crippen LogP contribution in [0.4, 0.5) is 6.01 Å². The lowest BCUT2D eigenvalue weighted by atomic mass is 10.1. The van der Waals surface area contributed by atoms with Crippen LogP contribution in [0.15, 0.2) is 57.9 Å². The van der Waals surface area contributed by atoms with Gasteiger partial charge in [0.05, 0.1) is 6.42 Å². The van der Waals surface area contributed by atoms with Crippen LogP contribution in [0.3, 0.4) is 0 Å². The fourth-order valence-corrected chi connectivity index (χ4v) is 3.68. The predicted octanol–water partition coefficient (Wildman–Crippen LogP) is 4.54. The second-order valence-corrected chi connectivity index (χ2v) is 8.57. The van der Waals surface area contributed by atoms with Crippen molar-refractivity contribution in [3.05, 3.63) is 65.6 Å². The molecule has 1 aliphatic rings. The van der Waals surface area contributed by atoms with Crippen molar-refractivity contribution in [2.75, 3.05) is 12.1 Å². The van der Waals surface area contributed by atoms with E-state index in [4.69, 9.17) is 13.9 Å². The van der Waals surface area contributed by atoms with Crippen molar-refractivity contribution in [3.63, 3.8) is 0 Å². The van der Waals surface area contributed by atoms with Gasteiger partial charge in [-0.3, -0.25) is 10.1 Å². The maximum absolute atomic E-state index is 12.1. The maximum Gasteiger partial charge on any atom is 0.322 e. The number of thioether (sulfide) groups is 1. The van der Waals surface area contributed by atoms with E-state index in [0.717, 1.165) is 11.1 Å². The second-order valence-electron chi connectivity index (χ2n) is 6.92. The molecule has 8 heteroatoms. The summed E-state index contributed by atoms with van der Waals surface area (Å²) in [6.45, 7) is 4.54. The van der Waals surface area contributed by atoms with E-state index in [2.05, 4.69) is 41.5 Å². The average Bonchev–Trinajstić information content (AvgIpc) is 3.36. The van der Waals surface area contributed by atoms with Crippen molar-refractivity contribution < 1.29 is 18.7 Å². The van der Waals surface area contributed by atoms with Crippen LogP contribution in [0.1, 0.15) is 30.9 Å². The molecule has 0 atom stereocenters. The molecule has 1 N–H and O–H groups in total. The Labute approximate surface area is 178 Å². The van der Waals surface area contributed by atoms with E-state index in [9.17, 15) is 4.79 Å². The normalized spacial score (nSPS) is 12.6. The monoisotopic (exact) mass is 423 g/mol. The maximum atomic E-state index is 12.1. The summed E-state index contributed by atoms with van der Waals surface area (Å²) in [4.78, 5) is 13.4. The lowest BCUT2D eigenvalue weighted by molar-refractivity contribution is -0.112. The molecular formula is C22H21N3O4S.